The van der Waals surface area contributed by atoms with Crippen LogP contribution in [0.3, 0.4) is 0 Å². The lowest BCUT2D eigenvalue weighted by atomic mass is 10.1. The van der Waals surface area contributed by atoms with Crippen LogP contribution in [0.1, 0.15) is 40.6 Å². The zero-order valence-corrected chi connectivity index (χ0v) is 13.3. The molecule has 0 unspecified atom stereocenters. The van der Waals surface area contributed by atoms with Gasteiger partial charge in [-0.15, -0.1) is 0 Å². The number of carbonyl (C=O) groups is 1. The van der Waals surface area contributed by atoms with E-state index in [1.807, 2.05) is 31.2 Å². The molecular formula is C18H17N5O. The molecular weight excluding hydrogens is 302 g/mol. The number of H-pyrrole nitrogens is 1. The van der Waals surface area contributed by atoms with E-state index in [1.165, 1.54) is 12.8 Å². The molecule has 1 saturated carbocycles. The number of hydrogen-bond acceptors (Lipinski definition) is 4. The number of aryl methyl sites for hydroxylation is 1. The van der Waals surface area contributed by atoms with Crippen LogP contribution < -0.4 is 5.32 Å². The quantitative estimate of drug-likeness (QED) is 0.773. The zero-order chi connectivity index (χ0) is 16.5. The SMILES string of the molecule is Cc1ncccc1C(=O)Nc1ccc(-c2n[nH]c(C3CC3)n2)cc1. The van der Waals surface area contributed by atoms with Crippen molar-refractivity contribution >= 4 is 11.6 Å². The van der Waals surface area contributed by atoms with Gasteiger partial charge in [-0.05, 0) is 56.2 Å². The molecule has 0 spiro atoms. The number of nitrogens with zero attached hydrogens (tertiary/aromatic N) is 3. The molecule has 6 nitrogen and oxygen atoms in total. The first-order valence-electron chi connectivity index (χ1n) is 7.96. The molecule has 2 N–H and O–H groups in total. The van der Waals surface area contributed by atoms with Gasteiger partial charge in [0.15, 0.2) is 5.82 Å². The maximum absolute atomic E-state index is 12.3. The highest BCUT2D eigenvalue weighted by atomic mass is 16.1. The van der Waals surface area contributed by atoms with E-state index < -0.39 is 0 Å². The van der Waals surface area contributed by atoms with Gasteiger partial charge in [-0.1, -0.05) is 0 Å². The van der Waals surface area contributed by atoms with E-state index in [1.54, 1.807) is 18.3 Å². The predicted molar refractivity (Wildman–Crippen MR) is 90.7 cm³/mol. The summed E-state index contributed by atoms with van der Waals surface area (Å²) in [4.78, 5) is 21.0. The number of aromatic amines is 1. The van der Waals surface area contributed by atoms with Gasteiger partial charge in [0.2, 0.25) is 0 Å². The second kappa shape index (κ2) is 5.88. The van der Waals surface area contributed by atoms with Gasteiger partial charge < -0.3 is 5.32 Å². The van der Waals surface area contributed by atoms with Crippen LogP contribution in [-0.2, 0) is 0 Å². The summed E-state index contributed by atoms with van der Waals surface area (Å²) in [5, 5.41) is 10.2. The Bertz CT molecular complexity index is 880. The van der Waals surface area contributed by atoms with E-state index in [0.717, 1.165) is 17.1 Å². The maximum atomic E-state index is 12.3. The molecule has 0 aliphatic heterocycles. The molecule has 1 fully saturated rings. The van der Waals surface area contributed by atoms with Crippen molar-refractivity contribution in [2.75, 3.05) is 5.32 Å². The third-order valence-corrected chi connectivity index (χ3v) is 4.12. The summed E-state index contributed by atoms with van der Waals surface area (Å²) < 4.78 is 0. The Balaban J connectivity index is 1.49. The van der Waals surface area contributed by atoms with Gasteiger partial charge >= 0.3 is 0 Å². The molecule has 1 aliphatic carbocycles. The van der Waals surface area contributed by atoms with Crippen molar-refractivity contribution in [2.24, 2.45) is 0 Å². The highest BCUT2D eigenvalue weighted by molar-refractivity contribution is 6.05. The average Bonchev–Trinajstić information content (AvgIpc) is 3.33. The van der Waals surface area contributed by atoms with Crippen LogP contribution in [0.2, 0.25) is 0 Å². The first kappa shape index (κ1) is 14.6. The molecule has 24 heavy (non-hydrogen) atoms. The van der Waals surface area contributed by atoms with Crippen molar-refractivity contribution in [3.05, 3.63) is 59.7 Å². The third kappa shape index (κ3) is 2.90. The van der Waals surface area contributed by atoms with Gasteiger partial charge in [0.25, 0.3) is 5.91 Å². The minimum absolute atomic E-state index is 0.165. The molecule has 0 atom stereocenters. The summed E-state index contributed by atoms with van der Waals surface area (Å²) >= 11 is 0. The Morgan fingerprint density at radius 1 is 1.21 bits per heavy atom. The molecule has 0 saturated heterocycles. The van der Waals surface area contributed by atoms with Crippen molar-refractivity contribution < 1.29 is 4.79 Å². The van der Waals surface area contributed by atoms with Crippen LogP contribution in [-0.4, -0.2) is 26.1 Å². The topological polar surface area (TPSA) is 83.6 Å². The lowest BCUT2D eigenvalue weighted by Crippen LogP contribution is -2.13. The molecule has 2 heterocycles. The monoisotopic (exact) mass is 319 g/mol. The standard InChI is InChI=1S/C18H17N5O/c1-11-15(3-2-10-19-11)18(24)20-14-8-6-13(7-9-14)17-21-16(22-23-17)12-4-5-12/h2-3,6-10,12H,4-5H2,1H3,(H,20,24)(H,21,22,23). The average molecular weight is 319 g/mol. The Hall–Kier alpha value is -3.02. The van der Waals surface area contributed by atoms with Crippen LogP contribution >= 0.6 is 0 Å². The minimum atomic E-state index is -0.165. The number of hydrogen-bond donors (Lipinski definition) is 2. The van der Waals surface area contributed by atoms with Gasteiger partial charge in [0, 0.05) is 29.1 Å². The molecule has 4 rings (SSSR count). The van der Waals surface area contributed by atoms with E-state index in [2.05, 4.69) is 25.5 Å². The number of aromatic nitrogens is 4. The van der Waals surface area contributed by atoms with Gasteiger partial charge in [-0.3, -0.25) is 14.9 Å². The number of carbonyl (C=O) groups excluding carboxylic acids is 1. The zero-order valence-electron chi connectivity index (χ0n) is 13.3. The summed E-state index contributed by atoms with van der Waals surface area (Å²) in [5.41, 5.74) is 2.93. The van der Waals surface area contributed by atoms with Crippen LogP contribution in [0.4, 0.5) is 5.69 Å². The van der Waals surface area contributed by atoms with Crippen LogP contribution in [0, 0.1) is 6.92 Å². The summed E-state index contributed by atoms with van der Waals surface area (Å²) in [6.07, 6.45) is 4.05. The van der Waals surface area contributed by atoms with E-state index in [9.17, 15) is 4.79 Å². The van der Waals surface area contributed by atoms with Gasteiger partial charge in [0.05, 0.1) is 5.56 Å². The number of amides is 1. The maximum Gasteiger partial charge on any atom is 0.257 e. The number of anilines is 1. The smallest absolute Gasteiger partial charge is 0.257 e. The van der Waals surface area contributed by atoms with Crippen LogP contribution in [0.25, 0.3) is 11.4 Å². The second-order valence-corrected chi connectivity index (χ2v) is 5.99. The van der Waals surface area contributed by atoms with Gasteiger partial charge in [-0.25, -0.2) is 4.98 Å². The summed E-state index contributed by atoms with van der Waals surface area (Å²) in [6.45, 7) is 1.82. The van der Waals surface area contributed by atoms with Crippen molar-refractivity contribution in [3.63, 3.8) is 0 Å². The molecule has 2 aromatic heterocycles. The second-order valence-electron chi connectivity index (χ2n) is 5.99. The van der Waals surface area contributed by atoms with E-state index in [0.29, 0.717) is 23.0 Å². The molecule has 0 radical (unpaired) electrons. The number of nitrogens with one attached hydrogen (secondary N) is 2. The fourth-order valence-corrected chi connectivity index (χ4v) is 2.57. The first-order valence-corrected chi connectivity index (χ1v) is 7.96. The van der Waals surface area contributed by atoms with Crippen LogP contribution in [0.5, 0.6) is 0 Å². The molecule has 3 aromatic rings. The number of rotatable bonds is 4. The van der Waals surface area contributed by atoms with Crippen molar-refractivity contribution in [1.29, 1.82) is 0 Å². The van der Waals surface area contributed by atoms with Crippen LogP contribution in [0.15, 0.2) is 42.6 Å². The largest absolute Gasteiger partial charge is 0.322 e. The highest BCUT2D eigenvalue weighted by Crippen LogP contribution is 2.38. The van der Waals surface area contributed by atoms with E-state index in [4.69, 9.17) is 0 Å². The summed E-state index contributed by atoms with van der Waals surface area (Å²) in [7, 11) is 0. The Kier molecular flexibility index (Phi) is 3.57. The fraction of sp³-hybridized carbons (Fsp3) is 0.222. The van der Waals surface area contributed by atoms with Crippen molar-refractivity contribution in [3.8, 4) is 11.4 Å². The predicted octanol–water partition coefficient (Wildman–Crippen LogP) is 3.30. The first-order chi connectivity index (χ1) is 11.7. The van der Waals surface area contributed by atoms with Gasteiger partial charge in [0.1, 0.15) is 5.82 Å². The molecule has 120 valence electrons. The van der Waals surface area contributed by atoms with E-state index >= 15 is 0 Å². The molecule has 1 amide bonds. The molecule has 0 bridgehead atoms. The van der Waals surface area contributed by atoms with Crippen molar-refractivity contribution in [2.45, 2.75) is 25.7 Å². The normalized spacial score (nSPS) is 13.7. The molecule has 6 heteroatoms. The lowest BCUT2D eigenvalue weighted by molar-refractivity contribution is 0.102. The highest BCUT2D eigenvalue weighted by Gasteiger charge is 2.27. The lowest BCUT2D eigenvalue weighted by Gasteiger charge is -2.07. The molecule has 1 aliphatic rings. The summed E-state index contributed by atoms with van der Waals surface area (Å²) in [6, 6.07) is 11.0. The Labute approximate surface area is 139 Å². The van der Waals surface area contributed by atoms with E-state index in [-0.39, 0.29) is 5.91 Å². The Morgan fingerprint density at radius 3 is 2.71 bits per heavy atom. The Morgan fingerprint density at radius 2 is 2.00 bits per heavy atom. The van der Waals surface area contributed by atoms with Crippen molar-refractivity contribution in [1.82, 2.24) is 20.2 Å². The summed E-state index contributed by atoms with van der Waals surface area (Å²) in [5.74, 6) is 2.04. The number of pyridine rings is 1. The number of benzene rings is 1. The van der Waals surface area contributed by atoms with Gasteiger partial charge in [-0.2, -0.15) is 5.10 Å². The minimum Gasteiger partial charge on any atom is -0.322 e. The fourth-order valence-electron chi connectivity index (χ4n) is 2.57. The third-order valence-electron chi connectivity index (χ3n) is 4.12. The molecule has 1 aromatic carbocycles.